The van der Waals surface area contributed by atoms with Gasteiger partial charge in [0.2, 0.25) is 0 Å². The maximum absolute atomic E-state index is 12.0. The van der Waals surface area contributed by atoms with E-state index in [1.807, 2.05) is 16.7 Å². The van der Waals surface area contributed by atoms with Crippen LogP contribution in [0, 0.1) is 5.92 Å². The van der Waals surface area contributed by atoms with Crippen LogP contribution in [0.3, 0.4) is 0 Å². The average Bonchev–Trinajstić information content (AvgIpc) is 2.48. The van der Waals surface area contributed by atoms with Crippen LogP contribution < -0.4 is 5.56 Å². The van der Waals surface area contributed by atoms with Gasteiger partial charge in [0.15, 0.2) is 0 Å². The molecule has 1 fully saturated rings. The topological polar surface area (TPSA) is 62.5 Å². The Labute approximate surface area is 139 Å². The summed E-state index contributed by atoms with van der Waals surface area (Å²) in [5.41, 5.74) is 1.20. The minimum absolute atomic E-state index is 0.0884. The van der Waals surface area contributed by atoms with Gasteiger partial charge in [-0.15, -0.1) is 6.58 Å². The van der Waals surface area contributed by atoms with Gasteiger partial charge in [-0.3, -0.25) is 13.9 Å². The number of β-amino-alcohol motifs (C(OH)–C–C–N with tert-alkyl or cyclic N) is 1. The zero-order chi connectivity index (χ0) is 16.4. The van der Waals surface area contributed by atoms with Gasteiger partial charge < -0.3 is 9.67 Å². The summed E-state index contributed by atoms with van der Waals surface area (Å²) in [5.74, 6) is 1.53. The molecule has 126 valence electrons. The quantitative estimate of drug-likeness (QED) is 0.771. The number of hydrogen-bond acceptors (Lipinski definition) is 4. The fourth-order valence-electron chi connectivity index (χ4n) is 3.91. The number of fused-ring (bicyclic) bond motifs is 4. The van der Waals surface area contributed by atoms with E-state index >= 15 is 0 Å². The largest absolute Gasteiger partial charge is 0.391 e. The number of aliphatic hydroxyl groups excluding tert-OH is 1. The fourth-order valence-corrected chi connectivity index (χ4v) is 4.84. The number of aliphatic hydroxyl groups is 1. The second kappa shape index (κ2) is 7.11. The number of nitrogens with zero attached hydrogens (tertiary/aromatic N) is 2. The van der Waals surface area contributed by atoms with E-state index < -0.39 is 16.9 Å². The van der Waals surface area contributed by atoms with Crippen molar-refractivity contribution in [1.82, 2.24) is 9.47 Å². The third kappa shape index (κ3) is 3.82. The van der Waals surface area contributed by atoms with Crippen LogP contribution in [-0.2, 0) is 17.3 Å². The molecule has 1 aromatic rings. The summed E-state index contributed by atoms with van der Waals surface area (Å²) in [6.07, 6.45) is 2.16. The highest BCUT2D eigenvalue weighted by molar-refractivity contribution is 7.85. The molecule has 1 N–H and O–H groups in total. The summed E-state index contributed by atoms with van der Waals surface area (Å²) in [5, 5.41) is 10.2. The number of rotatable bonds is 6. The Bertz CT molecular complexity index is 657. The number of aromatic nitrogens is 1. The molecule has 2 aliphatic rings. The lowest BCUT2D eigenvalue weighted by Gasteiger charge is -2.43. The number of hydrogen-bond donors (Lipinski definition) is 1. The summed E-state index contributed by atoms with van der Waals surface area (Å²) in [6, 6.07) is 5.50. The van der Waals surface area contributed by atoms with Gasteiger partial charge in [0, 0.05) is 60.4 Å². The van der Waals surface area contributed by atoms with E-state index in [1.165, 1.54) is 0 Å². The molecule has 4 atom stereocenters. The van der Waals surface area contributed by atoms with Crippen molar-refractivity contribution in [3.8, 4) is 0 Å². The molecule has 0 saturated carbocycles. The summed E-state index contributed by atoms with van der Waals surface area (Å²) in [4.78, 5) is 14.3. The first-order valence-corrected chi connectivity index (χ1v) is 9.61. The monoisotopic (exact) mass is 336 g/mol. The Hall–Kier alpha value is -1.24. The molecule has 0 aromatic carbocycles. The molecule has 1 aromatic heterocycles. The van der Waals surface area contributed by atoms with Gasteiger partial charge in [0.25, 0.3) is 5.56 Å². The van der Waals surface area contributed by atoms with Gasteiger partial charge >= 0.3 is 0 Å². The van der Waals surface area contributed by atoms with E-state index in [4.69, 9.17) is 0 Å². The second-order valence-electron chi connectivity index (χ2n) is 6.63. The SMILES string of the molecule is C=CC[S@](=O)C[C@@H](O)CN1C[C@@H]2C[C@H](C1)c1cccc(=O)n1C2. The summed E-state index contributed by atoms with van der Waals surface area (Å²) in [7, 11) is -1.04. The molecule has 5 nitrogen and oxygen atoms in total. The van der Waals surface area contributed by atoms with E-state index in [1.54, 1.807) is 12.1 Å². The summed E-state index contributed by atoms with van der Waals surface area (Å²) < 4.78 is 13.6. The molecule has 3 heterocycles. The van der Waals surface area contributed by atoms with Crippen molar-refractivity contribution in [2.24, 2.45) is 5.92 Å². The molecule has 2 bridgehead atoms. The molecule has 0 spiro atoms. The molecule has 2 aliphatic heterocycles. The fraction of sp³-hybridized carbons (Fsp3) is 0.588. The highest BCUT2D eigenvalue weighted by Crippen LogP contribution is 2.34. The third-order valence-electron chi connectivity index (χ3n) is 4.71. The predicted molar refractivity (Wildman–Crippen MR) is 92.1 cm³/mol. The third-order valence-corrected chi connectivity index (χ3v) is 6.07. The van der Waals surface area contributed by atoms with Crippen LogP contribution in [0.4, 0.5) is 0 Å². The van der Waals surface area contributed by atoms with Crippen molar-refractivity contribution in [2.45, 2.75) is 25.0 Å². The lowest BCUT2D eigenvalue weighted by atomic mass is 9.83. The van der Waals surface area contributed by atoms with Crippen LogP contribution in [0.2, 0.25) is 0 Å². The number of likely N-dealkylation sites (tertiary alicyclic amines) is 1. The highest BCUT2D eigenvalue weighted by atomic mass is 32.2. The summed E-state index contributed by atoms with van der Waals surface area (Å²) in [6.45, 7) is 6.63. The molecule has 0 unspecified atom stereocenters. The van der Waals surface area contributed by atoms with Crippen molar-refractivity contribution in [2.75, 3.05) is 31.1 Å². The van der Waals surface area contributed by atoms with Crippen molar-refractivity contribution in [3.05, 3.63) is 46.9 Å². The zero-order valence-electron chi connectivity index (χ0n) is 13.3. The average molecular weight is 336 g/mol. The second-order valence-corrected chi connectivity index (χ2v) is 8.18. The molecule has 3 rings (SSSR count). The van der Waals surface area contributed by atoms with Crippen LogP contribution >= 0.6 is 0 Å². The Balaban J connectivity index is 1.65. The number of pyridine rings is 1. The molecular weight excluding hydrogens is 312 g/mol. The first-order valence-electron chi connectivity index (χ1n) is 8.13. The minimum atomic E-state index is -1.04. The smallest absolute Gasteiger partial charge is 0.250 e. The normalized spacial score (nSPS) is 26.3. The van der Waals surface area contributed by atoms with E-state index in [9.17, 15) is 14.1 Å². The van der Waals surface area contributed by atoms with E-state index in [0.717, 1.165) is 31.7 Å². The van der Waals surface area contributed by atoms with Gasteiger partial charge in [-0.2, -0.15) is 0 Å². The summed E-state index contributed by atoms with van der Waals surface area (Å²) >= 11 is 0. The zero-order valence-corrected chi connectivity index (χ0v) is 14.1. The van der Waals surface area contributed by atoms with Crippen LogP contribution in [0.5, 0.6) is 0 Å². The van der Waals surface area contributed by atoms with Crippen molar-refractivity contribution in [3.63, 3.8) is 0 Å². The van der Waals surface area contributed by atoms with Gasteiger partial charge in [-0.05, 0) is 18.4 Å². The van der Waals surface area contributed by atoms with E-state index in [0.29, 0.717) is 29.9 Å². The van der Waals surface area contributed by atoms with Crippen LogP contribution in [0.15, 0.2) is 35.6 Å². The Morgan fingerprint density at radius 3 is 3.00 bits per heavy atom. The van der Waals surface area contributed by atoms with E-state index in [2.05, 4.69) is 11.5 Å². The lowest BCUT2D eigenvalue weighted by Crippen LogP contribution is -2.49. The van der Waals surface area contributed by atoms with Crippen LogP contribution in [0.25, 0.3) is 0 Å². The van der Waals surface area contributed by atoms with Crippen molar-refractivity contribution >= 4 is 10.8 Å². The Morgan fingerprint density at radius 1 is 1.39 bits per heavy atom. The number of piperidine rings is 1. The Kier molecular flexibility index (Phi) is 5.14. The standard InChI is InChI=1S/C17H24N2O3S/c1-2-6-23(22)12-15(20)11-18-8-13-7-14(10-18)16-4-3-5-17(21)19(16)9-13/h2-5,13-15,20H,1,6-12H2/t13-,14+,15-,23-/m0/s1. The van der Waals surface area contributed by atoms with E-state index in [-0.39, 0.29) is 5.56 Å². The maximum Gasteiger partial charge on any atom is 0.250 e. The van der Waals surface area contributed by atoms with Crippen LogP contribution in [0.1, 0.15) is 18.0 Å². The first-order chi connectivity index (χ1) is 11.1. The Morgan fingerprint density at radius 2 is 2.22 bits per heavy atom. The molecule has 23 heavy (non-hydrogen) atoms. The molecule has 0 amide bonds. The lowest BCUT2D eigenvalue weighted by molar-refractivity contribution is 0.0714. The van der Waals surface area contributed by atoms with Crippen molar-refractivity contribution < 1.29 is 9.32 Å². The minimum Gasteiger partial charge on any atom is -0.391 e. The van der Waals surface area contributed by atoms with Gasteiger partial charge in [0.1, 0.15) is 0 Å². The van der Waals surface area contributed by atoms with Crippen molar-refractivity contribution in [1.29, 1.82) is 0 Å². The van der Waals surface area contributed by atoms with Gasteiger partial charge in [-0.25, -0.2) is 0 Å². The predicted octanol–water partition coefficient (Wildman–Crippen LogP) is 0.563. The highest BCUT2D eigenvalue weighted by Gasteiger charge is 2.34. The first kappa shape index (κ1) is 16.6. The molecular formula is C17H24N2O3S. The molecule has 1 saturated heterocycles. The molecule has 6 heteroatoms. The molecule has 0 radical (unpaired) electrons. The van der Waals surface area contributed by atoms with Gasteiger partial charge in [0.05, 0.1) is 11.9 Å². The van der Waals surface area contributed by atoms with Crippen LogP contribution in [-0.4, -0.2) is 56.0 Å². The molecule has 0 aliphatic carbocycles. The maximum atomic E-state index is 12.0. The van der Waals surface area contributed by atoms with Gasteiger partial charge in [-0.1, -0.05) is 12.1 Å².